The molecule has 0 amide bonds. The highest BCUT2D eigenvalue weighted by molar-refractivity contribution is 5.58. The van der Waals surface area contributed by atoms with Crippen LogP contribution in [0.2, 0.25) is 0 Å². The highest BCUT2D eigenvalue weighted by atomic mass is 15.1. The van der Waals surface area contributed by atoms with Crippen LogP contribution in [-0.2, 0) is 0 Å². The minimum Gasteiger partial charge on any atom is -0.370 e. The van der Waals surface area contributed by atoms with E-state index >= 15 is 0 Å². The molecule has 1 aromatic heterocycles. The van der Waals surface area contributed by atoms with Crippen molar-refractivity contribution in [3.05, 3.63) is 11.4 Å². The molecule has 1 aliphatic rings. The normalized spacial score (nSPS) is 22.2. The smallest absolute Gasteiger partial charge is 0.135 e. The molecule has 1 aromatic rings. The van der Waals surface area contributed by atoms with E-state index in [2.05, 4.69) is 50.2 Å². The quantitative estimate of drug-likeness (QED) is 0.852. The first-order valence-electron chi connectivity index (χ1n) is 7.40. The lowest BCUT2D eigenvalue weighted by Crippen LogP contribution is -2.34. The largest absolute Gasteiger partial charge is 0.370 e. The molecule has 0 bridgehead atoms. The topological polar surface area (TPSA) is 49.8 Å². The molecule has 19 heavy (non-hydrogen) atoms. The van der Waals surface area contributed by atoms with Gasteiger partial charge in [-0.3, -0.25) is 0 Å². The minimum absolute atomic E-state index is 0.346. The Labute approximate surface area is 116 Å². The summed E-state index contributed by atoms with van der Waals surface area (Å²) in [5.74, 6) is 4.08. The van der Waals surface area contributed by atoms with Gasteiger partial charge < -0.3 is 10.6 Å². The monoisotopic (exact) mass is 262 g/mol. The molecule has 1 fully saturated rings. The van der Waals surface area contributed by atoms with Crippen molar-refractivity contribution in [3.8, 4) is 0 Å². The van der Waals surface area contributed by atoms with E-state index in [1.54, 1.807) is 0 Å². The summed E-state index contributed by atoms with van der Waals surface area (Å²) in [4.78, 5) is 9.33. The van der Waals surface area contributed by atoms with Crippen molar-refractivity contribution in [1.29, 1.82) is 0 Å². The average molecular weight is 262 g/mol. The first-order chi connectivity index (χ1) is 9.01. The van der Waals surface area contributed by atoms with Gasteiger partial charge in [-0.1, -0.05) is 20.8 Å². The molecule has 0 aliphatic heterocycles. The van der Waals surface area contributed by atoms with Gasteiger partial charge in [0.1, 0.15) is 17.5 Å². The van der Waals surface area contributed by atoms with Crippen molar-refractivity contribution in [2.75, 3.05) is 17.2 Å². The molecular weight excluding hydrogens is 236 g/mol. The lowest BCUT2D eigenvalue weighted by molar-refractivity contribution is 0.308. The summed E-state index contributed by atoms with van der Waals surface area (Å²) in [7, 11) is 0. The molecule has 0 unspecified atom stereocenters. The van der Waals surface area contributed by atoms with E-state index in [0.29, 0.717) is 12.0 Å². The van der Waals surface area contributed by atoms with Crippen LogP contribution in [0.4, 0.5) is 11.6 Å². The third-order valence-corrected chi connectivity index (χ3v) is 3.74. The Morgan fingerprint density at radius 3 is 2.37 bits per heavy atom. The number of anilines is 2. The van der Waals surface area contributed by atoms with Crippen molar-refractivity contribution in [2.24, 2.45) is 5.92 Å². The second-order valence-corrected chi connectivity index (χ2v) is 6.01. The zero-order chi connectivity index (χ0) is 14.0. The van der Waals surface area contributed by atoms with E-state index in [0.717, 1.165) is 35.5 Å². The fourth-order valence-electron chi connectivity index (χ4n) is 2.49. The summed E-state index contributed by atoms with van der Waals surface area (Å²) in [6.07, 6.45) is 2.49. The van der Waals surface area contributed by atoms with E-state index in [4.69, 9.17) is 4.98 Å². The van der Waals surface area contributed by atoms with Gasteiger partial charge in [-0.2, -0.15) is 0 Å². The minimum atomic E-state index is 0.346. The van der Waals surface area contributed by atoms with Crippen molar-refractivity contribution in [1.82, 2.24) is 9.97 Å². The van der Waals surface area contributed by atoms with E-state index in [9.17, 15) is 0 Å². The summed E-state index contributed by atoms with van der Waals surface area (Å²) in [5, 5.41) is 6.92. The Bertz CT molecular complexity index is 436. The van der Waals surface area contributed by atoms with E-state index < -0.39 is 0 Å². The van der Waals surface area contributed by atoms with Gasteiger partial charge >= 0.3 is 0 Å². The molecule has 0 aromatic carbocycles. The fourth-order valence-corrected chi connectivity index (χ4v) is 2.49. The number of aromatic nitrogens is 2. The SMILES string of the molecule is CCNc1nc(C(C)C)nc(NC2CC(C)C2)c1C. The summed E-state index contributed by atoms with van der Waals surface area (Å²) in [6, 6.07) is 0.582. The fraction of sp³-hybridized carbons (Fsp3) is 0.733. The van der Waals surface area contributed by atoms with E-state index in [-0.39, 0.29) is 0 Å². The standard InChI is InChI=1S/C15H26N4/c1-6-16-14-11(5)15(17-12-7-10(4)8-12)19-13(18-14)9(2)3/h9-10,12H,6-8H2,1-5H3,(H2,16,17,18,19). The Balaban J connectivity index is 2.24. The van der Waals surface area contributed by atoms with E-state index in [1.807, 2.05) is 0 Å². The zero-order valence-electron chi connectivity index (χ0n) is 12.7. The second-order valence-electron chi connectivity index (χ2n) is 6.01. The summed E-state index contributed by atoms with van der Waals surface area (Å²) in [5.41, 5.74) is 1.13. The van der Waals surface area contributed by atoms with Gasteiger partial charge in [-0.25, -0.2) is 9.97 Å². The number of hydrogen-bond donors (Lipinski definition) is 2. The molecule has 0 atom stereocenters. The average Bonchev–Trinajstić information content (AvgIpc) is 2.31. The van der Waals surface area contributed by atoms with Crippen LogP contribution in [0.15, 0.2) is 0 Å². The Morgan fingerprint density at radius 2 is 1.84 bits per heavy atom. The first kappa shape index (κ1) is 14.1. The van der Waals surface area contributed by atoms with Crippen LogP contribution in [0.25, 0.3) is 0 Å². The lowest BCUT2D eigenvalue weighted by atomic mass is 9.82. The van der Waals surface area contributed by atoms with Gasteiger partial charge in [0.05, 0.1) is 0 Å². The third kappa shape index (κ3) is 3.17. The maximum atomic E-state index is 4.70. The zero-order valence-corrected chi connectivity index (χ0v) is 12.7. The Morgan fingerprint density at radius 1 is 1.21 bits per heavy atom. The van der Waals surface area contributed by atoms with Crippen LogP contribution >= 0.6 is 0 Å². The van der Waals surface area contributed by atoms with Gasteiger partial charge in [0.15, 0.2) is 0 Å². The third-order valence-electron chi connectivity index (χ3n) is 3.74. The van der Waals surface area contributed by atoms with Gasteiger partial charge in [-0.05, 0) is 32.6 Å². The van der Waals surface area contributed by atoms with Gasteiger partial charge in [0.2, 0.25) is 0 Å². The van der Waals surface area contributed by atoms with Crippen LogP contribution in [0.1, 0.15) is 57.8 Å². The van der Waals surface area contributed by atoms with Crippen molar-refractivity contribution in [3.63, 3.8) is 0 Å². The van der Waals surface area contributed by atoms with Crippen LogP contribution < -0.4 is 10.6 Å². The highest BCUT2D eigenvalue weighted by Gasteiger charge is 2.26. The summed E-state index contributed by atoms with van der Waals surface area (Å²) in [6.45, 7) is 11.6. The molecule has 1 aliphatic carbocycles. The van der Waals surface area contributed by atoms with Crippen LogP contribution in [0, 0.1) is 12.8 Å². The molecule has 4 nitrogen and oxygen atoms in total. The molecular formula is C15H26N4. The molecule has 1 heterocycles. The maximum absolute atomic E-state index is 4.70. The predicted molar refractivity (Wildman–Crippen MR) is 80.8 cm³/mol. The second kappa shape index (κ2) is 5.76. The number of rotatable bonds is 5. The van der Waals surface area contributed by atoms with Crippen molar-refractivity contribution < 1.29 is 0 Å². The lowest BCUT2D eigenvalue weighted by Gasteiger charge is -2.34. The Kier molecular flexibility index (Phi) is 4.27. The molecule has 0 spiro atoms. The van der Waals surface area contributed by atoms with Gasteiger partial charge in [0, 0.05) is 24.1 Å². The van der Waals surface area contributed by atoms with Crippen LogP contribution in [-0.4, -0.2) is 22.6 Å². The molecule has 1 saturated carbocycles. The molecule has 2 rings (SSSR count). The number of hydrogen-bond acceptors (Lipinski definition) is 4. The molecule has 0 radical (unpaired) electrons. The van der Waals surface area contributed by atoms with Crippen LogP contribution in [0.3, 0.4) is 0 Å². The number of nitrogens with zero attached hydrogens (tertiary/aromatic N) is 2. The molecule has 2 N–H and O–H groups in total. The summed E-state index contributed by atoms with van der Waals surface area (Å²) < 4.78 is 0. The van der Waals surface area contributed by atoms with Crippen molar-refractivity contribution in [2.45, 2.75) is 59.4 Å². The van der Waals surface area contributed by atoms with Crippen LogP contribution in [0.5, 0.6) is 0 Å². The summed E-state index contributed by atoms with van der Waals surface area (Å²) >= 11 is 0. The van der Waals surface area contributed by atoms with E-state index in [1.165, 1.54) is 12.8 Å². The Hall–Kier alpha value is -1.32. The predicted octanol–water partition coefficient (Wildman–Crippen LogP) is 3.55. The molecule has 0 saturated heterocycles. The van der Waals surface area contributed by atoms with Gasteiger partial charge in [-0.15, -0.1) is 0 Å². The maximum Gasteiger partial charge on any atom is 0.135 e. The first-order valence-corrected chi connectivity index (χ1v) is 7.40. The highest BCUT2D eigenvalue weighted by Crippen LogP contribution is 2.31. The number of nitrogens with one attached hydrogen (secondary N) is 2. The molecule has 4 heteroatoms. The van der Waals surface area contributed by atoms with Crippen molar-refractivity contribution >= 4 is 11.6 Å². The van der Waals surface area contributed by atoms with Gasteiger partial charge in [0.25, 0.3) is 0 Å². The molecule has 106 valence electrons.